The van der Waals surface area contributed by atoms with Gasteiger partial charge in [0.1, 0.15) is 0 Å². The second-order valence-electron chi connectivity index (χ2n) is 6.14. The van der Waals surface area contributed by atoms with Crippen LogP contribution in [0.5, 0.6) is 0 Å². The normalized spacial score (nSPS) is 29.9. The third-order valence-corrected chi connectivity index (χ3v) is 4.55. The predicted molar refractivity (Wildman–Crippen MR) is 71.4 cm³/mol. The lowest BCUT2D eigenvalue weighted by Crippen LogP contribution is -2.43. The zero-order chi connectivity index (χ0) is 12.4. The van der Waals surface area contributed by atoms with Crippen LogP contribution < -0.4 is 10.6 Å². The molecule has 0 bridgehead atoms. The van der Waals surface area contributed by atoms with Crippen LogP contribution in [0.25, 0.3) is 0 Å². The van der Waals surface area contributed by atoms with Crippen molar-refractivity contribution in [1.29, 1.82) is 0 Å². The molecule has 102 valence electrons. The molecule has 4 nitrogen and oxygen atoms in total. The van der Waals surface area contributed by atoms with Crippen molar-refractivity contribution in [3.63, 3.8) is 0 Å². The summed E-state index contributed by atoms with van der Waals surface area (Å²) in [5, 5.41) is 6.55. The molecule has 0 aromatic heterocycles. The van der Waals surface area contributed by atoms with Gasteiger partial charge in [-0.2, -0.15) is 0 Å². The molecule has 1 amide bonds. The first-order valence-electron chi connectivity index (χ1n) is 7.58. The smallest absolute Gasteiger partial charge is 0.234 e. The first kappa shape index (κ1) is 12.4. The Balaban J connectivity index is 1.33. The van der Waals surface area contributed by atoms with Gasteiger partial charge in [-0.1, -0.05) is 12.8 Å². The maximum Gasteiger partial charge on any atom is 0.234 e. The maximum absolute atomic E-state index is 11.9. The Labute approximate surface area is 109 Å². The summed E-state index contributed by atoms with van der Waals surface area (Å²) in [6.45, 7) is 2.75. The Hall–Kier alpha value is -0.610. The second kappa shape index (κ2) is 5.57. The van der Waals surface area contributed by atoms with E-state index in [1.165, 1.54) is 45.1 Å². The van der Waals surface area contributed by atoms with Crippen molar-refractivity contribution in [1.82, 2.24) is 15.5 Å². The maximum atomic E-state index is 11.9. The number of hydrogen-bond acceptors (Lipinski definition) is 3. The van der Waals surface area contributed by atoms with E-state index in [-0.39, 0.29) is 5.91 Å². The molecular weight excluding hydrogens is 226 g/mol. The standard InChI is InChI=1S/C14H25N3O/c18-14(9-15-11-3-1-2-4-11)16-12-7-8-17(10-12)13-5-6-13/h11-13,15H,1-10H2,(H,16,18). The van der Waals surface area contributed by atoms with Crippen LogP contribution in [0.4, 0.5) is 0 Å². The van der Waals surface area contributed by atoms with Crippen LogP contribution in [-0.2, 0) is 4.79 Å². The van der Waals surface area contributed by atoms with Crippen LogP contribution in [0.3, 0.4) is 0 Å². The highest BCUT2D eigenvalue weighted by Gasteiger charge is 2.34. The molecule has 3 aliphatic rings. The van der Waals surface area contributed by atoms with E-state index in [1.807, 2.05) is 0 Å². The Morgan fingerprint density at radius 3 is 2.56 bits per heavy atom. The molecule has 18 heavy (non-hydrogen) atoms. The third kappa shape index (κ3) is 3.23. The highest BCUT2D eigenvalue weighted by atomic mass is 16.2. The Bertz CT molecular complexity index is 297. The molecule has 0 aromatic carbocycles. The van der Waals surface area contributed by atoms with Crippen molar-refractivity contribution in [2.75, 3.05) is 19.6 Å². The van der Waals surface area contributed by atoms with E-state index in [0.29, 0.717) is 18.6 Å². The van der Waals surface area contributed by atoms with Crippen molar-refractivity contribution in [2.24, 2.45) is 0 Å². The lowest BCUT2D eigenvalue weighted by molar-refractivity contribution is -0.121. The number of likely N-dealkylation sites (tertiary alicyclic amines) is 1. The van der Waals surface area contributed by atoms with Gasteiger partial charge in [0, 0.05) is 31.2 Å². The fourth-order valence-corrected chi connectivity index (χ4v) is 3.32. The molecule has 1 heterocycles. The van der Waals surface area contributed by atoms with Crippen LogP contribution in [0.15, 0.2) is 0 Å². The SMILES string of the molecule is O=C(CNC1CCCC1)NC1CCN(C2CC2)C1. The first-order valence-corrected chi connectivity index (χ1v) is 7.58. The molecule has 1 saturated heterocycles. The van der Waals surface area contributed by atoms with E-state index < -0.39 is 0 Å². The molecule has 4 heteroatoms. The van der Waals surface area contributed by atoms with Gasteiger partial charge in [0.05, 0.1) is 6.54 Å². The van der Waals surface area contributed by atoms with E-state index in [2.05, 4.69) is 15.5 Å². The summed E-state index contributed by atoms with van der Waals surface area (Å²) < 4.78 is 0. The summed E-state index contributed by atoms with van der Waals surface area (Å²) >= 11 is 0. The van der Waals surface area contributed by atoms with Crippen LogP contribution in [0, 0.1) is 0 Å². The molecule has 0 aromatic rings. The highest BCUT2D eigenvalue weighted by Crippen LogP contribution is 2.29. The first-order chi connectivity index (χ1) is 8.81. The van der Waals surface area contributed by atoms with Crippen molar-refractivity contribution < 1.29 is 4.79 Å². The van der Waals surface area contributed by atoms with E-state index >= 15 is 0 Å². The van der Waals surface area contributed by atoms with Crippen LogP contribution in [0.2, 0.25) is 0 Å². The van der Waals surface area contributed by atoms with Crippen molar-refractivity contribution in [2.45, 2.75) is 63.1 Å². The molecule has 0 spiro atoms. The van der Waals surface area contributed by atoms with Gasteiger partial charge in [0.25, 0.3) is 0 Å². The van der Waals surface area contributed by atoms with Crippen LogP contribution in [0.1, 0.15) is 44.9 Å². The largest absolute Gasteiger partial charge is 0.351 e. The Kier molecular flexibility index (Phi) is 3.85. The highest BCUT2D eigenvalue weighted by molar-refractivity contribution is 5.78. The van der Waals surface area contributed by atoms with Gasteiger partial charge in [-0.05, 0) is 32.1 Å². The van der Waals surface area contributed by atoms with E-state index in [1.54, 1.807) is 0 Å². The van der Waals surface area contributed by atoms with Gasteiger partial charge in [0.2, 0.25) is 5.91 Å². The molecule has 2 N–H and O–H groups in total. The molecule has 0 radical (unpaired) electrons. The summed E-state index contributed by atoms with van der Waals surface area (Å²) in [5.74, 6) is 0.185. The molecule has 1 atom stereocenters. The number of nitrogens with zero attached hydrogens (tertiary/aromatic N) is 1. The zero-order valence-corrected chi connectivity index (χ0v) is 11.2. The molecule has 3 rings (SSSR count). The average molecular weight is 251 g/mol. The van der Waals surface area contributed by atoms with E-state index in [9.17, 15) is 4.79 Å². The number of amides is 1. The van der Waals surface area contributed by atoms with E-state index in [0.717, 1.165) is 19.0 Å². The van der Waals surface area contributed by atoms with Crippen LogP contribution in [-0.4, -0.2) is 48.6 Å². The van der Waals surface area contributed by atoms with E-state index in [4.69, 9.17) is 0 Å². The molecule has 2 aliphatic carbocycles. The van der Waals surface area contributed by atoms with Gasteiger partial charge in [-0.25, -0.2) is 0 Å². The van der Waals surface area contributed by atoms with Crippen LogP contribution >= 0.6 is 0 Å². The topological polar surface area (TPSA) is 44.4 Å². The number of carbonyl (C=O) groups is 1. The average Bonchev–Trinajstić information content (AvgIpc) is 2.90. The second-order valence-corrected chi connectivity index (χ2v) is 6.14. The summed E-state index contributed by atoms with van der Waals surface area (Å²) in [6, 6.07) is 1.81. The van der Waals surface area contributed by atoms with Crippen molar-refractivity contribution in [3.05, 3.63) is 0 Å². The molecule has 1 unspecified atom stereocenters. The monoisotopic (exact) mass is 251 g/mol. The minimum absolute atomic E-state index is 0.185. The minimum Gasteiger partial charge on any atom is -0.351 e. The lowest BCUT2D eigenvalue weighted by atomic mass is 10.2. The summed E-state index contributed by atoms with van der Waals surface area (Å²) in [4.78, 5) is 14.4. The lowest BCUT2D eigenvalue weighted by Gasteiger charge is -2.17. The predicted octanol–water partition coefficient (Wildman–Crippen LogP) is 0.871. The van der Waals surface area contributed by atoms with Crippen molar-refractivity contribution in [3.8, 4) is 0 Å². The number of carbonyl (C=O) groups excluding carboxylic acids is 1. The zero-order valence-electron chi connectivity index (χ0n) is 11.2. The van der Waals surface area contributed by atoms with Crippen molar-refractivity contribution >= 4 is 5.91 Å². The molecule has 3 fully saturated rings. The third-order valence-electron chi connectivity index (χ3n) is 4.55. The minimum atomic E-state index is 0.185. The molecule has 2 saturated carbocycles. The van der Waals surface area contributed by atoms with Gasteiger partial charge >= 0.3 is 0 Å². The number of hydrogen-bond donors (Lipinski definition) is 2. The summed E-state index contributed by atoms with van der Waals surface area (Å²) in [7, 11) is 0. The summed E-state index contributed by atoms with van der Waals surface area (Å²) in [6.07, 6.45) is 8.98. The quantitative estimate of drug-likeness (QED) is 0.762. The van der Waals surface area contributed by atoms with Gasteiger partial charge < -0.3 is 10.6 Å². The Morgan fingerprint density at radius 2 is 1.83 bits per heavy atom. The summed E-state index contributed by atoms with van der Waals surface area (Å²) in [5.41, 5.74) is 0. The fraction of sp³-hybridized carbons (Fsp3) is 0.929. The fourth-order valence-electron chi connectivity index (χ4n) is 3.32. The van der Waals surface area contributed by atoms with Gasteiger partial charge in [0.15, 0.2) is 0 Å². The van der Waals surface area contributed by atoms with Gasteiger partial charge in [-0.15, -0.1) is 0 Å². The number of nitrogens with one attached hydrogen (secondary N) is 2. The Morgan fingerprint density at radius 1 is 1.06 bits per heavy atom. The molecule has 1 aliphatic heterocycles. The molecular formula is C14H25N3O. The van der Waals surface area contributed by atoms with Gasteiger partial charge in [-0.3, -0.25) is 9.69 Å². The number of rotatable bonds is 5.